The third-order valence-electron chi connectivity index (χ3n) is 1.92. The predicted molar refractivity (Wildman–Crippen MR) is 65.5 cm³/mol. The molecule has 1 aromatic heterocycles. The second-order valence-electron chi connectivity index (χ2n) is 3.14. The van der Waals surface area contributed by atoms with Crippen LogP contribution in [0.4, 0.5) is 0 Å². The zero-order chi connectivity index (χ0) is 11.4. The van der Waals surface area contributed by atoms with Crippen LogP contribution in [0.1, 0.15) is 5.56 Å². The molecule has 82 valence electrons. The Bertz CT molecular complexity index is 473. The molecule has 0 bridgehead atoms. The molecule has 2 N–H and O–H groups in total. The maximum atomic E-state index is 5.89. The smallest absolute Gasteiger partial charge is 0.192 e. The minimum atomic E-state index is 0.460. The molecule has 0 spiro atoms. The zero-order valence-electron chi connectivity index (χ0n) is 8.43. The fraction of sp³-hybridized carbons (Fsp3) is 0.0909. The van der Waals surface area contributed by atoms with Crippen molar-refractivity contribution in [1.82, 2.24) is 9.97 Å². The molecular formula is C11H10ClN3S. The topological polar surface area (TPSA) is 51.8 Å². The Balaban J connectivity index is 2.14. The summed E-state index contributed by atoms with van der Waals surface area (Å²) in [7, 11) is 0. The first-order valence-electron chi connectivity index (χ1n) is 4.72. The summed E-state index contributed by atoms with van der Waals surface area (Å²) in [6.07, 6.45) is 3.47. The number of aromatic nitrogens is 2. The molecule has 2 aromatic rings. The van der Waals surface area contributed by atoms with Gasteiger partial charge in [0.1, 0.15) is 0 Å². The number of hydrogen-bond donors (Lipinski definition) is 1. The number of halogens is 1. The number of nitrogens with two attached hydrogens (primary N) is 1. The van der Waals surface area contributed by atoms with Crippen LogP contribution in [0.25, 0.3) is 0 Å². The molecule has 0 amide bonds. The minimum Gasteiger partial charge on any atom is -0.326 e. The van der Waals surface area contributed by atoms with Gasteiger partial charge in [-0.1, -0.05) is 17.7 Å². The van der Waals surface area contributed by atoms with Gasteiger partial charge in [0.2, 0.25) is 0 Å². The van der Waals surface area contributed by atoms with E-state index in [1.807, 2.05) is 24.3 Å². The van der Waals surface area contributed by atoms with E-state index in [2.05, 4.69) is 9.97 Å². The van der Waals surface area contributed by atoms with Gasteiger partial charge >= 0.3 is 0 Å². The first kappa shape index (κ1) is 11.4. The second kappa shape index (κ2) is 5.30. The van der Waals surface area contributed by atoms with E-state index in [1.165, 1.54) is 11.8 Å². The molecule has 1 heterocycles. The molecule has 1 aromatic carbocycles. The first-order chi connectivity index (χ1) is 7.78. The third kappa shape index (κ3) is 2.95. The minimum absolute atomic E-state index is 0.460. The molecule has 0 aliphatic heterocycles. The molecule has 16 heavy (non-hydrogen) atoms. The van der Waals surface area contributed by atoms with Gasteiger partial charge in [-0.15, -0.1) is 0 Å². The summed E-state index contributed by atoms with van der Waals surface area (Å²) in [6.45, 7) is 0.460. The van der Waals surface area contributed by atoms with Crippen LogP contribution >= 0.6 is 23.4 Å². The molecule has 0 saturated heterocycles. The van der Waals surface area contributed by atoms with Crippen molar-refractivity contribution >= 4 is 23.4 Å². The molecule has 0 aliphatic carbocycles. The number of nitrogens with zero attached hydrogens (tertiary/aromatic N) is 2. The van der Waals surface area contributed by atoms with E-state index < -0.39 is 0 Å². The van der Waals surface area contributed by atoms with E-state index in [4.69, 9.17) is 17.3 Å². The highest BCUT2D eigenvalue weighted by Gasteiger charge is 2.01. The summed E-state index contributed by atoms with van der Waals surface area (Å²) < 4.78 is 0. The van der Waals surface area contributed by atoms with Crippen LogP contribution in [0.2, 0.25) is 5.02 Å². The summed E-state index contributed by atoms with van der Waals surface area (Å²) >= 11 is 7.36. The van der Waals surface area contributed by atoms with Crippen LogP contribution in [0.5, 0.6) is 0 Å². The van der Waals surface area contributed by atoms with E-state index >= 15 is 0 Å². The van der Waals surface area contributed by atoms with E-state index in [0.717, 1.165) is 10.5 Å². The summed E-state index contributed by atoms with van der Waals surface area (Å²) in [4.78, 5) is 9.43. The highest BCUT2D eigenvalue weighted by molar-refractivity contribution is 7.99. The molecule has 2 rings (SSSR count). The predicted octanol–water partition coefficient (Wildman–Crippen LogP) is 2.74. The maximum absolute atomic E-state index is 5.89. The van der Waals surface area contributed by atoms with Crippen molar-refractivity contribution < 1.29 is 0 Å². The van der Waals surface area contributed by atoms with Gasteiger partial charge in [0.15, 0.2) is 5.16 Å². The van der Waals surface area contributed by atoms with Crippen molar-refractivity contribution in [3.05, 3.63) is 47.2 Å². The second-order valence-corrected chi connectivity index (χ2v) is 4.61. The third-order valence-corrected chi connectivity index (χ3v) is 3.04. The zero-order valence-corrected chi connectivity index (χ0v) is 10.0. The molecule has 0 unspecified atom stereocenters. The average molecular weight is 252 g/mol. The molecule has 0 fully saturated rings. The van der Waals surface area contributed by atoms with Crippen molar-refractivity contribution in [1.29, 1.82) is 0 Å². The van der Waals surface area contributed by atoms with Crippen molar-refractivity contribution in [2.75, 3.05) is 0 Å². The molecule has 0 aliphatic rings. The fourth-order valence-corrected chi connectivity index (χ4v) is 2.15. The summed E-state index contributed by atoms with van der Waals surface area (Å²) in [6, 6.07) is 7.59. The molecule has 5 heteroatoms. The number of benzene rings is 1. The van der Waals surface area contributed by atoms with Crippen LogP contribution in [-0.4, -0.2) is 9.97 Å². The van der Waals surface area contributed by atoms with Gasteiger partial charge in [-0.3, -0.25) is 0 Å². The molecule has 0 radical (unpaired) electrons. The highest BCUT2D eigenvalue weighted by Crippen LogP contribution is 2.26. The Morgan fingerprint density at radius 1 is 1.25 bits per heavy atom. The lowest BCUT2D eigenvalue weighted by Gasteiger charge is -2.01. The van der Waals surface area contributed by atoms with Gasteiger partial charge in [-0.25, -0.2) is 9.97 Å². The van der Waals surface area contributed by atoms with Crippen molar-refractivity contribution in [3.63, 3.8) is 0 Å². The van der Waals surface area contributed by atoms with Crippen LogP contribution < -0.4 is 5.73 Å². The molecular weight excluding hydrogens is 242 g/mol. The van der Waals surface area contributed by atoms with E-state index in [9.17, 15) is 0 Å². The maximum Gasteiger partial charge on any atom is 0.192 e. The largest absolute Gasteiger partial charge is 0.326 e. The Morgan fingerprint density at radius 2 is 2.00 bits per heavy atom. The van der Waals surface area contributed by atoms with Gasteiger partial charge in [-0.05, 0) is 30.0 Å². The van der Waals surface area contributed by atoms with E-state index in [1.54, 1.807) is 12.4 Å². The van der Waals surface area contributed by atoms with E-state index in [0.29, 0.717) is 16.7 Å². The van der Waals surface area contributed by atoms with Crippen LogP contribution in [-0.2, 0) is 6.54 Å². The Kier molecular flexibility index (Phi) is 3.77. The van der Waals surface area contributed by atoms with Gasteiger partial charge in [-0.2, -0.15) is 0 Å². The van der Waals surface area contributed by atoms with Gasteiger partial charge < -0.3 is 5.73 Å². The van der Waals surface area contributed by atoms with Gasteiger partial charge in [0, 0.05) is 34.4 Å². The highest BCUT2D eigenvalue weighted by atomic mass is 35.5. The number of hydrogen-bond acceptors (Lipinski definition) is 4. The Hall–Kier alpha value is -1.10. The van der Waals surface area contributed by atoms with E-state index in [-0.39, 0.29) is 0 Å². The summed E-state index contributed by atoms with van der Waals surface area (Å²) in [5.74, 6) is 0. The molecule has 0 saturated carbocycles. The lowest BCUT2D eigenvalue weighted by molar-refractivity contribution is 0.914. The monoisotopic (exact) mass is 251 g/mol. The normalized spacial score (nSPS) is 10.4. The SMILES string of the molecule is NCc1cnc(Sc2cccc(Cl)c2)nc1. The van der Waals surface area contributed by atoms with Gasteiger partial charge in [0.05, 0.1) is 0 Å². The first-order valence-corrected chi connectivity index (χ1v) is 5.92. The van der Waals surface area contributed by atoms with Crippen LogP contribution in [0.3, 0.4) is 0 Å². The summed E-state index contributed by atoms with van der Waals surface area (Å²) in [5.41, 5.74) is 6.39. The average Bonchev–Trinajstić information content (AvgIpc) is 2.30. The quantitative estimate of drug-likeness (QED) is 0.853. The van der Waals surface area contributed by atoms with Crippen molar-refractivity contribution in [3.8, 4) is 0 Å². The fourth-order valence-electron chi connectivity index (χ4n) is 1.14. The Labute approximate surface area is 103 Å². The van der Waals surface area contributed by atoms with Crippen molar-refractivity contribution in [2.24, 2.45) is 5.73 Å². The molecule has 0 atom stereocenters. The van der Waals surface area contributed by atoms with Gasteiger partial charge in [0.25, 0.3) is 0 Å². The lowest BCUT2D eigenvalue weighted by Crippen LogP contribution is -1.98. The number of rotatable bonds is 3. The lowest BCUT2D eigenvalue weighted by atomic mass is 10.4. The van der Waals surface area contributed by atoms with Crippen LogP contribution in [0.15, 0.2) is 46.7 Å². The Morgan fingerprint density at radius 3 is 2.62 bits per heavy atom. The van der Waals surface area contributed by atoms with Crippen molar-refractivity contribution in [2.45, 2.75) is 16.6 Å². The van der Waals surface area contributed by atoms with Crippen LogP contribution in [0, 0.1) is 0 Å². The standard InChI is InChI=1S/C11H10ClN3S/c12-9-2-1-3-10(4-9)16-11-14-6-8(5-13)7-15-11/h1-4,6-7H,5,13H2. The summed E-state index contributed by atoms with van der Waals surface area (Å²) in [5, 5.41) is 1.41. The molecule has 3 nitrogen and oxygen atoms in total.